The average molecular weight is 920 g/mol. The second kappa shape index (κ2) is 56.4. The van der Waals surface area contributed by atoms with Crippen molar-refractivity contribution in [3.8, 4) is 0 Å². The molecule has 0 aromatic carbocycles. The SMILES string of the molecule is CC/C=C\C/C=C\C/C=C\C/C=C\CCCCCCCOCC(COC(=O)CCCCCCCCCCCCCCCCCCC)OC(=O)CCCCCCC/C=C\C/C=C\C/C=C\CC. The maximum Gasteiger partial charge on any atom is 0.306 e. The number of ether oxygens (including phenoxy) is 3. The average Bonchev–Trinajstić information content (AvgIpc) is 3.32. The van der Waals surface area contributed by atoms with Gasteiger partial charge in [-0.25, -0.2) is 0 Å². The number of rotatable bonds is 51. The topological polar surface area (TPSA) is 61.8 Å². The van der Waals surface area contributed by atoms with Crippen molar-refractivity contribution in [2.24, 2.45) is 0 Å². The highest BCUT2D eigenvalue weighted by Gasteiger charge is 2.17. The van der Waals surface area contributed by atoms with Crippen molar-refractivity contribution in [2.75, 3.05) is 19.8 Å². The van der Waals surface area contributed by atoms with Gasteiger partial charge in [-0.1, -0.05) is 247 Å². The minimum Gasteiger partial charge on any atom is -0.462 e. The molecule has 0 fully saturated rings. The normalized spacial score (nSPS) is 12.8. The molecule has 0 aliphatic rings. The third-order valence-electron chi connectivity index (χ3n) is 11.9. The van der Waals surface area contributed by atoms with Crippen LogP contribution in [0.3, 0.4) is 0 Å². The maximum atomic E-state index is 12.8. The lowest BCUT2D eigenvalue weighted by Gasteiger charge is -2.18. The number of hydrogen-bond acceptors (Lipinski definition) is 5. The summed E-state index contributed by atoms with van der Waals surface area (Å²) < 4.78 is 17.4. The molecule has 5 nitrogen and oxygen atoms in total. The van der Waals surface area contributed by atoms with Gasteiger partial charge >= 0.3 is 11.9 Å². The second-order valence-corrected chi connectivity index (χ2v) is 18.4. The predicted octanol–water partition coefficient (Wildman–Crippen LogP) is 19.2. The minimum atomic E-state index is -0.558. The van der Waals surface area contributed by atoms with Crippen molar-refractivity contribution < 1.29 is 23.8 Å². The van der Waals surface area contributed by atoms with E-state index in [9.17, 15) is 9.59 Å². The highest BCUT2D eigenvalue weighted by molar-refractivity contribution is 5.70. The van der Waals surface area contributed by atoms with E-state index in [1.165, 1.54) is 128 Å². The smallest absolute Gasteiger partial charge is 0.306 e. The molecule has 0 radical (unpaired) electrons. The van der Waals surface area contributed by atoms with Gasteiger partial charge in [0, 0.05) is 19.4 Å². The molecule has 0 saturated heterocycles. The quantitative estimate of drug-likeness (QED) is 0.0346. The zero-order chi connectivity index (χ0) is 47.7. The Morgan fingerprint density at radius 3 is 1.09 bits per heavy atom. The molecule has 1 unspecified atom stereocenters. The van der Waals surface area contributed by atoms with Crippen LogP contribution in [0.5, 0.6) is 0 Å². The van der Waals surface area contributed by atoms with Crippen LogP contribution in [0.15, 0.2) is 85.1 Å². The van der Waals surface area contributed by atoms with Crippen molar-refractivity contribution >= 4 is 11.9 Å². The molecule has 0 heterocycles. The van der Waals surface area contributed by atoms with E-state index in [4.69, 9.17) is 14.2 Å². The van der Waals surface area contributed by atoms with E-state index in [1.807, 2.05) is 0 Å². The fourth-order valence-corrected chi connectivity index (χ4v) is 7.81. The first kappa shape index (κ1) is 63.1. The van der Waals surface area contributed by atoms with Crippen LogP contribution in [0.1, 0.15) is 265 Å². The molecule has 1 atom stereocenters. The van der Waals surface area contributed by atoms with Gasteiger partial charge in [0.2, 0.25) is 0 Å². The lowest BCUT2D eigenvalue weighted by Crippen LogP contribution is -2.30. The lowest BCUT2D eigenvalue weighted by molar-refractivity contribution is -0.163. The number of unbranched alkanes of at least 4 members (excludes halogenated alkanes) is 26. The van der Waals surface area contributed by atoms with Gasteiger partial charge in [-0.2, -0.15) is 0 Å². The first-order chi connectivity index (χ1) is 32.6. The van der Waals surface area contributed by atoms with Crippen molar-refractivity contribution in [3.05, 3.63) is 85.1 Å². The fraction of sp³-hybridized carbons (Fsp3) is 0.738. The molecular formula is C61H106O5. The Morgan fingerprint density at radius 2 is 0.682 bits per heavy atom. The van der Waals surface area contributed by atoms with E-state index < -0.39 is 6.10 Å². The lowest BCUT2D eigenvalue weighted by atomic mass is 10.0. The van der Waals surface area contributed by atoms with Crippen LogP contribution >= 0.6 is 0 Å². The first-order valence-electron chi connectivity index (χ1n) is 28.1. The zero-order valence-corrected chi connectivity index (χ0v) is 43.7. The molecule has 0 aromatic rings. The molecule has 0 spiro atoms. The zero-order valence-electron chi connectivity index (χ0n) is 43.7. The monoisotopic (exact) mass is 919 g/mol. The Morgan fingerprint density at radius 1 is 0.348 bits per heavy atom. The Hall–Kier alpha value is -2.92. The predicted molar refractivity (Wildman–Crippen MR) is 288 cm³/mol. The van der Waals surface area contributed by atoms with E-state index in [1.54, 1.807) is 0 Å². The highest BCUT2D eigenvalue weighted by atomic mass is 16.6. The van der Waals surface area contributed by atoms with Gasteiger partial charge in [-0.05, 0) is 89.9 Å². The standard InChI is InChI=1S/C61H106O5/c1-4-7-10-13-16-19-22-25-28-30-32-35-38-41-44-47-50-53-56-64-57-59(66-61(63)55-52-49-46-43-40-37-33-27-24-21-18-15-12-9-6-3)58-65-60(62)54-51-48-45-42-39-36-34-31-29-26-23-20-17-14-11-8-5-2/h7,9-10,12,16,18-19,21,25,27-28,32-33,35,59H,4-6,8,11,13-15,17,20,22-24,26,29-31,34,36-58H2,1-3H3/b10-7-,12-9-,19-16-,21-18-,28-25-,33-27-,35-32-. The summed E-state index contributed by atoms with van der Waals surface area (Å²) in [6.45, 7) is 7.57. The first-order valence-corrected chi connectivity index (χ1v) is 28.1. The molecule has 0 bridgehead atoms. The molecule has 5 heteroatoms. The number of allylic oxidation sites excluding steroid dienone is 14. The van der Waals surface area contributed by atoms with Crippen molar-refractivity contribution in [3.63, 3.8) is 0 Å². The van der Waals surface area contributed by atoms with Gasteiger partial charge in [-0.3, -0.25) is 9.59 Å². The number of carbonyl (C=O) groups is 2. The summed E-state index contributed by atoms with van der Waals surface area (Å²) in [5, 5.41) is 0. The fourth-order valence-electron chi connectivity index (χ4n) is 7.81. The van der Waals surface area contributed by atoms with Crippen LogP contribution in [0.4, 0.5) is 0 Å². The Labute approximate surface area is 409 Å². The molecule has 0 rings (SSSR count). The Balaban J connectivity index is 4.32. The van der Waals surface area contributed by atoms with Gasteiger partial charge in [0.1, 0.15) is 6.61 Å². The van der Waals surface area contributed by atoms with E-state index in [2.05, 4.69) is 106 Å². The summed E-state index contributed by atoms with van der Waals surface area (Å²) in [7, 11) is 0. The van der Waals surface area contributed by atoms with Gasteiger partial charge in [0.05, 0.1) is 6.61 Å². The number of esters is 2. The van der Waals surface area contributed by atoms with Crippen LogP contribution < -0.4 is 0 Å². The summed E-state index contributed by atoms with van der Waals surface area (Å²) >= 11 is 0. The van der Waals surface area contributed by atoms with Gasteiger partial charge in [-0.15, -0.1) is 0 Å². The molecule has 0 N–H and O–H groups in total. The second-order valence-electron chi connectivity index (χ2n) is 18.4. The van der Waals surface area contributed by atoms with Crippen LogP contribution in [0.2, 0.25) is 0 Å². The van der Waals surface area contributed by atoms with Crippen LogP contribution in [-0.2, 0) is 23.8 Å². The molecule has 0 aliphatic heterocycles. The summed E-state index contributed by atoms with van der Waals surface area (Å²) in [6, 6.07) is 0. The van der Waals surface area contributed by atoms with Crippen LogP contribution in [-0.4, -0.2) is 37.9 Å². The summed E-state index contributed by atoms with van der Waals surface area (Å²) in [4.78, 5) is 25.5. The van der Waals surface area contributed by atoms with Crippen LogP contribution in [0.25, 0.3) is 0 Å². The van der Waals surface area contributed by atoms with Crippen molar-refractivity contribution in [1.82, 2.24) is 0 Å². The molecule has 0 amide bonds. The van der Waals surface area contributed by atoms with Gasteiger partial charge in [0.15, 0.2) is 6.10 Å². The summed E-state index contributed by atoms with van der Waals surface area (Å²) in [5.41, 5.74) is 0. The molecule has 0 saturated carbocycles. The Kier molecular flexibility index (Phi) is 53.9. The van der Waals surface area contributed by atoms with E-state index in [0.717, 1.165) is 103 Å². The molecular weight excluding hydrogens is 813 g/mol. The highest BCUT2D eigenvalue weighted by Crippen LogP contribution is 2.16. The summed E-state index contributed by atoms with van der Waals surface area (Å²) in [6.07, 6.45) is 74.6. The number of hydrogen-bond donors (Lipinski definition) is 0. The summed E-state index contributed by atoms with van der Waals surface area (Å²) in [5.74, 6) is -0.421. The molecule has 66 heavy (non-hydrogen) atoms. The molecule has 0 aromatic heterocycles. The Bertz CT molecular complexity index is 1220. The van der Waals surface area contributed by atoms with Gasteiger partial charge in [0.25, 0.3) is 0 Å². The van der Waals surface area contributed by atoms with E-state index >= 15 is 0 Å². The minimum absolute atomic E-state index is 0.0695. The maximum absolute atomic E-state index is 12.8. The van der Waals surface area contributed by atoms with Crippen molar-refractivity contribution in [2.45, 2.75) is 271 Å². The van der Waals surface area contributed by atoms with Gasteiger partial charge < -0.3 is 14.2 Å². The molecule has 380 valence electrons. The third-order valence-corrected chi connectivity index (χ3v) is 11.9. The van der Waals surface area contributed by atoms with E-state index in [-0.39, 0.29) is 25.2 Å². The number of carbonyl (C=O) groups excluding carboxylic acids is 2. The third kappa shape index (κ3) is 53.7. The van der Waals surface area contributed by atoms with E-state index in [0.29, 0.717) is 19.4 Å². The van der Waals surface area contributed by atoms with Crippen molar-refractivity contribution in [1.29, 1.82) is 0 Å². The molecule has 0 aliphatic carbocycles. The van der Waals surface area contributed by atoms with Crippen LogP contribution in [0, 0.1) is 0 Å². The largest absolute Gasteiger partial charge is 0.462 e.